The summed E-state index contributed by atoms with van der Waals surface area (Å²) in [5.74, 6) is 0.559. The Morgan fingerprint density at radius 1 is 1.26 bits per heavy atom. The maximum absolute atomic E-state index is 14.1. The van der Waals surface area contributed by atoms with Crippen molar-refractivity contribution in [3.05, 3.63) is 46.4 Å². The van der Waals surface area contributed by atoms with Gasteiger partial charge in [-0.05, 0) is 37.3 Å². The molecule has 3 heterocycles. The fraction of sp³-hybridized carbons (Fsp3) is 0.526. The average Bonchev–Trinajstić information content (AvgIpc) is 3.33. The van der Waals surface area contributed by atoms with Gasteiger partial charge in [-0.2, -0.15) is 5.10 Å². The number of hydrogen-bond donors (Lipinski definition) is 1. The molecule has 2 aliphatic rings. The Hall–Kier alpha value is -2.48. The fourth-order valence-electron chi connectivity index (χ4n) is 3.95. The van der Waals surface area contributed by atoms with Gasteiger partial charge >= 0.3 is 5.69 Å². The summed E-state index contributed by atoms with van der Waals surface area (Å²) in [6.07, 6.45) is 3.07. The van der Waals surface area contributed by atoms with E-state index < -0.39 is 11.5 Å². The zero-order valence-corrected chi connectivity index (χ0v) is 15.1. The van der Waals surface area contributed by atoms with E-state index in [0.717, 1.165) is 19.3 Å². The van der Waals surface area contributed by atoms with E-state index in [2.05, 4.69) is 10.2 Å². The van der Waals surface area contributed by atoms with Gasteiger partial charge in [0.2, 0.25) is 5.91 Å². The molecule has 0 bridgehead atoms. The maximum atomic E-state index is 14.1. The van der Waals surface area contributed by atoms with Crippen LogP contribution in [0.3, 0.4) is 0 Å². The number of H-pyrrole nitrogens is 1. The lowest BCUT2D eigenvalue weighted by atomic mass is 9.92. The molecule has 4 rings (SSSR count). The standard InChI is InChI=1S/C19H23FN4O3/c20-15-3-1-2-4-16(15)24-17(21-22-19(24)26)11-13-5-8-23(9-6-13)18(25)14-7-10-27-12-14/h1-4,13-14H,5-12H2,(H,22,26). The van der Waals surface area contributed by atoms with Gasteiger partial charge in [0.1, 0.15) is 11.6 Å². The van der Waals surface area contributed by atoms with E-state index in [0.29, 0.717) is 44.5 Å². The first-order valence-corrected chi connectivity index (χ1v) is 9.41. The van der Waals surface area contributed by atoms with Crippen molar-refractivity contribution in [1.29, 1.82) is 0 Å². The monoisotopic (exact) mass is 374 g/mol. The summed E-state index contributed by atoms with van der Waals surface area (Å²) < 4.78 is 20.7. The van der Waals surface area contributed by atoms with E-state index in [1.807, 2.05) is 4.90 Å². The molecule has 0 radical (unpaired) electrons. The van der Waals surface area contributed by atoms with Crippen molar-refractivity contribution in [2.24, 2.45) is 11.8 Å². The lowest BCUT2D eigenvalue weighted by molar-refractivity contribution is -0.136. The van der Waals surface area contributed by atoms with E-state index in [1.54, 1.807) is 18.2 Å². The number of aromatic amines is 1. The molecule has 144 valence electrons. The Morgan fingerprint density at radius 3 is 2.74 bits per heavy atom. The number of carbonyl (C=O) groups excluding carboxylic acids is 1. The molecule has 27 heavy (non-hydrogen) atoms. The number of rotatable bonds is 4. The van der Waals surface area contributed by atoms with Gasteiger partial charge in [0, 0.05) is 26.1 Å². The van der Waals surface area contributed by atoms with Crippen molar-refractivity contribution in [2.45, 2.75) is 25.7 Å². The summed E-state index contributed by atoms with van der Waals surface area (Å²) in [6, 6.07) is 6.18. The molecule has 2 saturated heterocycles. The molecule has 1 unspecified atom stereocenters. The molecule has 0 aliphatic carbocycles. The molecule has 1 amide bonds. The predicted octanol–water partition coefficient (Wildman–Crippen LogP) is 1.52. The van der Waals surface area contributed by atoms with Gasteiger partial charge in [0.15, 0.2) is 0 Å². The van der Waals surface area contributed by atoms with Gasteiger partial charge in [-0.1, -0.05) is 12.1 Å². The molecule has 1 N–H and O–H groups in total. The average molecular weight is 374 g/mol. The number of nitrogens with zero attached hydrogens (tertiary/aromatic N) is 3. The summed E-state index contributed by atoms with van der Waals surface area (Å²) in [4.78, 5) is 26.5. The molecule has 7 nitrogen and oxygen atoms in total. The van der Waals surface area contributed by atoms with Crippen molar-refractivity contribution in [2.75, 3.05) is 26.3 Å². The van der Waals surface area contributed by atoms with Crippen LogP contribution in [0.25, 0.3) is 5.69 Å². The van der Waals surface area contributed by atoms with E-state index in [1.165, 1.54) is 10.6 Å². The van der Waals surface area contributed by atoms with Crippen molar-refractivity contribution < 1.29 is 13.9 Å². The van der Waals surface area contributed by atoms with Gasteiger partial charge in [-0.3, -0.25) is 4.79 Å². The van der Waals surface area contributed by atoms with Crippen molar-refractivity contribution in [3.8, 4) is 5.69 Å². The van der Waals surface area contributed by atoms with Crippen LogP contribution in [0.2, 0.25) is 0 Å². The van der Waals surface area contributed by atoms with Crippen LogP contribution in [0, 0.1) is 17.7 Å². The Kier molecular flexibility index (Phi) is 5.07. The number of amides is 1. The minimum Gasteiger partial charge on any atom is -0.381 e. The first-order valence-electron chi connectivity index (χ1n) is 9.41. The SMILES string of the molecule is O=C(C1CCOC1)N1CCC(Cc2n[nH]c(=O)n2-c2ccccc2F)CC1. The molecule has 0 spiro atoms. The number of carbonyl (C=O) groups is 1. The third-order valence-electron chi connectivity index (χ3n) is 5.51. The Balaban J connectivity index is 1.42. The Bertz CT molecular complexity index is 864. The molecule has 1 aromatic heterocycles. The van der Waals surface area contributed by atoms with Gasteiger partial charge in [0.25, 0.3) is 0 Å². The molecule has 2 fully saturated rings. The Morgan fingerprint density at radius 2 is 2.04 bits per heavy atom. The minimum atomic E-state index is -0.457. The quantitative estimate of drug-likeness (QED) is 0.880. The Labute approximate surface area is 156 Å². The number of piperidine rings is 1. The maximum Gasteiger partial charge on any atom is 0.348 e. The third-order valence-corrected chi connectivity index (χ3v) is 5.51. The lowest BCUT2D eigenvalue weighted by Crippen LogP contribution is -2.42. The molecule has 0 saturated carbocycles. The number of nitrogens with one attached hydrogen (secondary N) is 1. The second-order valence-corrected chi connectivity index (χ2v) is 7.27. The number of para-hydroxylation sites is 1. The zero-order chi connectivity index (χ0) is 18.8. The van der Waals surface area contributed by atoms with E-state index in [9.17, 15) is 14.0 Å². The van der Waals surface area contributed by atoms with Crippen LogP contribution in [-0.4, -0.2) is 51.9 Å². The summed E-state index contributed by atoms with van der Waals surface area (Å²) in [7, 11) is 0. The normalized spacial score (nSPS) is 20.9. The number of halogens is 1. The van der Waals surface area contributed by atoms with Crippen LogP contribution in [0.4, 0.5) is 4.39 Å². The highest BCUT2D eigenvalue weighted by Gasteiger charge is 2.31. The minimum absolute atomic E-state index is 0.000809. The lowest BCUT2D eigenvalue weighted by Gasteiger charge is -2.33. The van der Waals surface area contributed by atoms with Gasteiger partial charge in [-0.25, -0.2) is 18.9 Å². The number of hydrogen-bond acceptors (Lipinski definition) is 4. The first-order chi connectivity index (χ1) is 13.1. The zero-order valence-electron chi connectivity index (χ0n) is 15.1. The smallest absolute Gasteiger partial charge is 0.348 e. The number of benzene rings is 1. The molecule has 1 aromatic carbocycles. The molecular weight excluding hydrogens is 351 g/mol. The second kappa shape index (κ2) is 7.64. The summed E-state index contributed by atoms with van der Waals surface area (Å²) in [5, 5.41) is 6.54. The second-order valence-electron chi connectivity index (χ2n) is 7.27. The number of likely N-dealkylation sites (tertiary alicyclic amines) is 1. The first kappa shape index (κ1) is 17.9. The van der Waals surface area contributed by atoms with Crippen molar-refractivity contribution in [3.63, 3.8) is 0 Å². The summed E-state index contributed by atoms with van der Waals surface area (Å²) >= 11 is 0. The van der Waals surface area contributed by atoms with Crippen molar-refractivity contribution >= 4 is 5.91 Å². The fourth-order valence-corrected chi connectivity index (χ4v) is 3.95. The number of aromatic nitrogens is 3. The topological polar surface area (TPSA) is 80.2 Å². The van der Waals surface area contributed by atoms with Gasteiger partial charge in [-0.15, -0.1) is 0 Å². The molecule has 2 aromatic rings. The predicted molar refractivity (Wildman–Crippen MR) is 96.1 cm³/mol. The van der Waals surface area contributed by atoms with E-state index in [4.69, 9.17) is 4.74 Å². The van der Waals surface area contributed by atoms with Crippen LogP contribution in [0.5, 0.6) is 0 Å². The van der Waals surface area contributed by atoms with Crippen molar-refractivity contribution in [1.82, 2.24) is 19.7 Å². The third kappa shape index (κ3) is 3.66. The highest BCUT2D eigenvalue weighted by atomic mass is 19.1. The molecular formula is C19H23FN4O3. The highest BCUT2D eigenvalue weighted by Crippen LogP contribution is 2.24. The van der Waals surface area contributed by atoms with Crippen LogP contribution in [0.1, 0.15) is 25.1 Å². The van der Waals surface area contributed by atoms with Crippen LogP contribution in [0.15, 0.2) is 29.1 Å². The van der Waals surface area contributed by atoms with Gasteiger partial charge < -0.3 is 9.64 Å². The summed E-state index contributed by atoms with van der Waals surface area (Å²) in [6.45, 7) is 2.60. The molecule has 8 heteroatoms. The summed E-state index contributed by atoms with van der Waals surface area (Å²) in [5.41, 5.74) is -0.232. The van der Waals surface area contributed by atoms with Crippen LogP contribution < -0.4 is 5.69 Å². The van der Waals surface area contributed by atoms with E-state index >= 15 is 0 Å². The van der Waals surface area contributed by atoms with Crippen LogP contribution >= 0.6 is 0 Å². The van der Waals surface area contributed by atoms with E-state index in [-0.39, 0.29) is 17.5 Å². The molecule has 2 aliphatic heterocycles. The van der Waals surface area contributed by atoms with Crippen LogP contribution in [-0.2, 0) is 16.0 Å². The molecule has 1 atom stereocenters. The number of ether oxygens (including phenoxy) is 1. The van der Waals surface area contributed by atoms with Gasteiger partial charge in [0.05, 0.1) is 18.2 Å². The highest BCUT2D eigenvalue weighted by molar-refractivity contribution is 5.79. The largest absolute Gasteiger partial charge is 0.381 e.